The molecule has 1 fully saturated rings. The summed E-state index contributed by atoms with van der Waals surface area (Å²) in [5.74, 6) is 1.85. The van der Waals surface area contributed by atoms with Crippen molar-refractivity contribution in [3.63, 3.8) is 0 Å². The molecule has 7 nitrogen and oxygen atoms in total. The Balaban J connectivity index is 1.50. The third-order valence-corrected chi connectivity index (χ3v) is 7.76. The van der Waals surface area contributed by atoms with Crippen molar-refractivity contribution < 1.29 is 17.7 Å². The van der Waals surface area contributed by atoms with Crippen LogP contribution < -0.4 is 0 Å². The van der Waals surface area contributed by atoms with Gasteiger partial charge in [-0.25, -0.2) is 8.42 Å². The maximum Gasteiger partial charge on any atom is 0.243 e. The maximum atomic E-state index is 12.7. The molecule has 0 saturated carbocycles. The smallest absolute Gasteiger partial charge is 0.243 e. The highest BCUT2D eigenvalue weighted by atomic mass is 32.2. The molecule has 2 aromatic rings. The van der Waals surface area contributed by atoms with Gasteiger partial charge in [0.25, 0.3) is 0 Å². The SMILES string of the molecule is Cc1ccc(S(=O)(=O)N2CCN(C(=O)CSCc3c(C)noc3C)CC2)cc1. The molecule has 152 valence electrons. The monoisotopic (exact) mass is 423 g/mol. The van der Waals surface area contributed by atoms with Gasteiger partial charge in [-0.2, -0.15) is 4.31 Å². The Hall–Kier alpha value is -1.84. The van der Waals surface area contributed by atoms with Crippen molar-refractivity contribution in [2.75, 3.05) is 31.9 Å². The zero-order valence-electron chi connectivity index (χ0n) is 16.3. The fourth-order valence-electron chi connectivity index (χ4n) is 3.08. The zero-order chi connectivity index (χ0) is 20.3. The topological polar surface area (TPSA) is 83.7 Å². The van der Waals surface area contributed by atoms with Gasteiger partial charge in [-0.1, -0.05) is 22.9 Å². The first-order valence-corrected chi connectivity index (χ1v) is 11.7. The Labute approximate surface area is 170 Å². The Morgan fingerprint density at radius 2 is 1.75 bits per heavy atom. The number of rotatable bonds is 6. The van der Waals surface area contributed by atoms with Crippen molar-refractivity contribution in [2.45, 2.75) is 31.4 Å². The molecule has 0 spiro atoms. The molecule has 1 amide bonds. The van der Waals surface area contributed by atoms with Gasteiger partial charge >= 0.3 is 0 Å². The molecule has 0 atom stereocenters. The van der Waals surface area contributed by atoms with E-state index in [-0.39, 0.29) is 5.91 Å². The van der Waals surface area contributed by atoms with Gasteiger partial charge in [0.1, 0.15) is 5.76 Å². The number of carbonyl (C=O) groups excluding carboxylic acids is 1. The molecule has 1 aromatic heterocycles. The molecule has 0 unspecified atom stereocenters. The first kappa shape index (κ1) is 20.9. The number of sulfonamides is 1. The van der Waals surface area contributed by atoms with Crippen LogP contribution in [-0.2, 0) is 20.6 Å². The molecule has 3 rings (SSSR count). The average Bonchev–Trinajstić information content (AvgIpc) is 3.00. The molecule has 0 N–H and O–H groups in total. The van der Waals surface area contributed by atoms with Gasteiger partial charge in [-0.05, 0) is 32.9 Å². The molecule has 0 aliphatic carbocycles. The highest BCUT2D eigenvalue weighted by molar-refractivity contribution is 7.99. The summed E-state index contributed by atoms with van der Waals surface area (Å²) in [6.45, 7) is 7.14. The Bertz CT molecular complexity index is 911. The molecule has 28 heavy (non-hydrogen) atoms. The number of hydrogen-bond donors (Lipinski definition) is 0. The number of thioether (sulfide) groups is 1. The minimum atomic E-state index is -3.51. The molecule has 1 saturated heterocycles. The van der Waals surface area contributed by atoms with Crippen molar-refractivity contribution in [3.8, 4) is 0 Å². The number of aromatic nitrogens is 1. The van der Waals surface area contributed by atoms with Crippen LogP contribution in [0.4, 0.5) is 0 Å². The molecular weight excluding hydrogens is 398 g/mol. The van der Waals surface area contributed by atoms with E-state index in [0.29, 0.717) is 42.6 Å². The molecule has 2 heterocycles. The van der Waals surface area contributed by atoms with Crippen LogP contribution in [0.25, 0.3) is 0 Å². The summed E-state index contributed by atoms with van der Waals surface area (Å²) < 4.78 is 32.1. The van der Waals surface area contributed by atoms with Gasteiger partial charge in [-0.3, -0.25) is 4.79 Å². The lowest BCUT2D eigenvalue weighted by atomic mass is 10.2. The summed E-state index contributed by atoms with van der Waals surface area (Å²) in [5, 5.41) is 3.92. The maximum absolute atomic E-state index is 12.7. The predicted octanol–water partition coefficient (Wildman–Crippen LogP) is 2.37. The van der Waals surface area contributed by atoms with Crippen LogP contribution in [0, 0.1) is 20.8 Å². The summed E-state index contributed by atoms with van der Waals surface area (Å²) in [7, 11) is -3.51. The van der Waals surface area contributed by atoms with Gasteiger partial charge in [0, 0.05) is 37.5 Å². The second-order valence-electron chi connectivity index (χ2n) is 6.89. The zero-order valence-corrected chi connectivity index (χ0v) is 18.0. The molecule has 0 radical (unpaired) electrons. The van der Waals surface area contributed by atoms with Crippen molar-refractivity contribution in [1.82, 2.24) is 14.4 Å². The number of benzene rings is 1. The summed E-state index contributed by atoms with van der Waals surface area (Å²) in [6.07, 6.45) is 0. The standard InChI is InChI=1S/C19H25N3O4S2/c1-14-4-6-17(7-5-14)28(24,25)22-10-8-21(9-11-22)19(23)13-27-12-18-15(2)20-26-16(18)3/h4-7H,8-13H2,1-3H3. The largest absolute Gasteiger partial charge is 0.361 e. The normalized spacial score (nSPS) is 15.8. The van der Waals surface area contributed by atoms with Crippen molar-refractivity contribution in [1.29, 1.82) is 0 Å². The fraction of sp³-hybridized carbons (Fsp3) is 0.474. The Morgan fingerprint density at radius 1 is 1.11 bits per heavy atom. The lowest BCUT2D eigenvalue weighted by Gasteiger charge is -2.34. The van der Waals surface area contributed by atoms with Gasteiger partial charge in [0.2, 0.25) is 15.9 Å². The minimum absolute atomic E-state index is 0.0316. The van der Waals surface area contributed by atoms with Crippen LogP contribution in [0.1, 0.15) is 22.6 Å². The second kappa shape index (κ2) is 8.67. The first-order valence-electron chi connectivity index (χ1n) is 9.13. The molecule has 1 aromatic carbocycles. The van der Waals surface area contributed by atoms with E-state index < -0.39 is 10.0 Å². The van der Waals surface area contributed by atoms with E-state index in [4.69, 9.17) is 4.52 Å². The van der Waals surface area contributed by atoms with Crippen molar-refractivity contribution in [2.24, 2.45) is 0 Å². The van der Waals surface area contributed by atoms with E-state index in [1.165, 1.54) is 16.1 Å². The van der Waals surface area contributed by atoms with Crippen LogP contribution in [0.2, 0.25) is 0 Å². The highest BCUT2D eigenvalue weighted by Gasteiger charge is 2.30. The highest BCUT2D eigenvalue weighted by Crippen LogP contribution is 2.21. The van der Waals surface area contributed by atoms with E-state index in [9.17, 15) is 13.2 Å². The summed E-state index contributed by atoms with van der Waals surface area (Å²) >= 11 is 1.52. The minimum Gasteiger partial charge on any atom is -0.361 e. The molecule has 9 heteroatoms. The third-order valence-electron chi connectivity index (χ3n) is 4.90. The van der Waals surface area contributed by atoms with Gasteiger partial charge in [0.05, 0.1) is 16.3 Å². The van der Waals surface area contributed by atoms with Gasteiger partial charge in [0.15, 0.2) is 0 Å². The predicted molar refractivity (Wildman–Crippen MR) is 109 cm³/mol. The second-order valence-corrected chi connectivity index (χ2v) is 9.82. The number of piperazine rings is 1. The lowest BCUT2D eigenvalue weighted by Crippen LogP contribution is -2.50. The first-order chi connectivity index (χ1) is 13.3. The molecule has 1 aliphatic rings. The van der Waals surface area contributed by atoms with Crippen LogP contribution in [0.5, 0.6) is 0 Å². The van der Waals surface area contributed by atoms with E-state index >= 15 is 0 Å². The van der Waals surface area contributed by atoms with E-state index in [1.807, 2.05) is 20.8 Å². The Kier molecular flexibility index (Phi) is 6.47. The van der Waals surface area contributed by atoms with E-state index in [0.717, 1.165) is 22.6 Å². The number of aryl methyl sites for hydroxylation is 3. The summed E-state index contributed by atoms with van der Waals surface area (Å²) in [5.41, 5.74) is 2.91. The number of hydrogen-bond acceptors (Lipinski definition) is 6. The summed E-state index contributed by atoms with van der Waals surface area (Å²) in [4.78, 5) is 14.5. The van der Waals surface area contributed by atoms with Crippen molar-refractivity contribution >= 4 is 27.7 Å². The van der Waals surface area contributed by atoms with Crippen LogP contribution in [0.3, 0.4) is 0 Å². The molecular formula is C19H25N3O4S2. The van der Waals surface area contributed by atoms with E-state index in [1.54, 1.807) is 29.2 Å². The number of carbonyl (C=O) groups is 1. The molecule has 1 aliphatic heterocycles. The van der Waals surface area contributed by atoms with Gasteiger partial charge in [-0.15, -0.1) is 11.8 Å². The van der Waals surface area contributed by atoms with Gasteiger partial charge < -0.3 is 9.42 Å². The number of amides is 1. The lowest BCUT2D eigenvalue weighted by molar-refractivity contribution is -0.129. The van der Waals surface area contributed by atoms with Crippen LogP contribution in [0.15, 0.2) is 33.7 Å². The average molecular weight is 424 g/mol. The van der Waals surface area contributed by atoms with Crippen LogP contribution >= 0.6 is 11.8 Å². The van der Waals surface area contributed by atoms with Crippen molar-refractivity contribution in [3.05, 3.63) is 46.8 Å². The third kappa shape index (κ3) is 4.59. The quantitative estimate of drug-likeness (QED) is 0.709. The summed E-state index contributed by atoms with van der Waals surface area (Å²) in [6, 6.07) is 6.85. The van der Waals surface area contributed by atoms with E-state index in [2.05, 4.69) is 5.16 Å². The van der Waals surface area contributed by atoms with Crippen LogP contribution in [-0.4, -0.2) is 60.6 Å². The molecule has 0 bridgehead atoms. The fourth-order valence-corrected chi connectivity index (χ4v) is 5.57. The number of nitrogens with zero attached hydrogens (tertiary/aromatic N) is 3. The Morgan fingerprint density at radius 3 is 2.32 bits per heavy atom.